The molecule has 0 radical (unpaired) electrons. The van der Waals surface area contributed by atoms with Crippen molar-refractivity contribution in [3.63, 3.8) is 0 Å². The normalized spacial score (nSPS) is 12.3. The summed E-state index contributed by atoms with van der Waals surface area (Å²) in [6.45, 7) is 3.71. The second-order valence-corrected chi connectivity index (χ2v) is 5.75. The minimum absolute atomic E-state index is 0.208. The highest BCUT2D eigenvalue weighted by atomic mass is 79.9. The fourth-order valence-electron chi connectivity index (χ4n) is 2.41. The lowest BCUT2D eigenvalue weighted by Gasteiger charge is -2.16. The molecule has 0 aliphatic heterocycles. The van der Waals surface area contributed by atoms with Crippen LogP contribution in [0.15, 0.2) is 24.3 Å². The average Bonchev–Trinajstić information content (AvgIpc) is 2.36. The van der Waals surface area contributed by atoms with Gasteiger partial charge in [-0.25, -0.2) is 13.2 Å². The van der Waals surface area contributed by atoms with E-state index in [1.54, 1.807) is 19.2 Å². The van der Waals surface area contributed by atoms with E-state index in [2.05, 4.69) is 15.9 Å². The number of halogens is 4. The van der Waals surface area contributed by atoms with Gasteiger partial charge < -0.3 is 4.74 Å². The summed E-state index contributed by atoms with van der Waals surface area (Å²) in [5.41, 5.74) is 2.19. The van der Waals surface area contributed by atoms with Gasteiger partial charge in [0.2, 0.25) is 0 Å². The van der Waals surface area contributed by atoms with Gasteiger partial charge >= 0.3 is 0 Å². The number of methoxy groups -OCH3 is 1. The van der Waals surface area contributed by atoms with E-state index >= 15 is 0 Å². The molecule has 0 aromatic heterocycles. The molecule has 1 nitrogen and oxygen atoms in total. The van der Waals surface area contributed by atoms with Gasteiger partial charge in [-0.05, 0) is 30.5 Å². The lowest BCUT2D eigenvalue weighted by atomic mass is 9.99. The SMILES string of the molecule is COc1c(C)cc(C(Br)c2c(F)cc(F)cc2F)cc1C. The third kappa shape index (κ3) is 3.07. The summed E-state index contributed by atoms with van der Waals surface area (Å²) in [4.78, 5) is -0.707. The first-order chi connectivity index (χ1) is 9.85. The van der Waals surface area contributed by atoms with Gasteiger partial charge in [0, 0.05) is 17.7 Å². The Kier molecular flexibility index (Phi) is 4.61. The van der Waals surface area contributed by atoms with Crippen LogP contribution in [0.25, 0.3) is 0 Å². The molecule has 2 aromatic rings. The Morgan fingerprint density at radius 1 is 0.952 bits per heavy atom. The molecular formula is C16H14BrF3O. The zero-order valence-corrected chi connectivity index (χ0v) is 13.4. The minimum Gasteiger partial charge on any atom is -0.496 e. The summed E-state index contributed by atoms with van der Waals surface area (Å²) in [7, 11) is 1.57. The highest BCUT2D eigenvalue weighted by Gasteiger charge is 2.22. The fraction of sp³-hybridized carbons (Fsp3) is 0.250. The van der Waals surface area contributed by atoms with Gasteiger partial charge in [0.05, 0.1) is 11.9 Å². The van der Waals surface area contributed by atoms with E-state index in [4.69, 9.17) is 4.74 Å². The first-order valence-corrected chi connectivity index (χ1v) is 7.20. The fourth-order valence-corrected chi connectivity index (χ4v) is 3.12. The van der Waals surface area contributed by atoms with Crippen LogP contribution in [0.4, 0.5) is 13.2 Å². The van der Waals surface area contributed by atoms with Crippen LogP contribution in [0.2, 0.25) is 0 Å². The van der Waals surface area contributed by atoms with Crippen LogP contribution in [-0.4, -0.2) is 7.11 Å². The second kappa shape index (κ2) is 6.10. The van der Waals surface area contributed by atoms with Gasteiger partial charge in [0.15, 0.2) is 0 Å². The maximum Gasteiger partial charge on any atom is 0.133 e. The van der Waals surface area contributed by atoms with Crippen molar-refractivity contribution in [2.45, 2.75) is 18.7 Å². The molecule has 5 heteroatoms. The monoisotopic (exact) mass is 358 g/mol. The molecule has 0 N–H and O–H groups in total. The Labute approximate surface area is 129 Å². The Balaban J connectivity index is 2.53. The first kappa shape index (κ1) is 15.9. The molecule has 2 aromatic carbocycles. The molecule has 2 rings (SSSR count). The van der Waals surface area contributed by atoms with E-state index in [9.17, 15) is 13.2 Å². The number of hydrogen-bond donors (Lipinski definition) is 0. The van der Waals surface area contributed by atoms with Gasteiger partial charge in [-0.2, -0.15) is 0 Å². The first-order valence-electron chi connectivity index (χ1n) is 6.28. The number of hydrogen-bond acceptors (Lipinski definition) is 1. The highest BCUT2D eigenvalue weighted by Crippen LogP contribution is 2.37. The van der Waals surface area contributed by atoms with Crippen molar-refractivity contribution in [1.82, 2.24) is 0 Å². The predicted octanol–water partition coefficient (Wildman–Crippen LogP) is 5.21. The summed E-state index contributed by atoms with van der Waals surface area (Å²) in [6, 6.07) is 4.92. The molecular weight excluding hydrogens is 345 g/mol. The van der Waals surface area contributed by atoms with E-state index in [1.165, 1.54) is 0 Å². The van der Waals surface area contributed by atoms with Crippen LogP contribution in [-0.2, 0) is 0 Å². The number of rotatable bonds is 3. The van der Waals surface area contributed by atoms with Crippen molar-refractivity contribution in [3.8, 4) is 5.75 Å². The van der Waals surface area contributed by atoms with E-state index in [0.717, 1.165) is 16.9 Å². The molecule has 0 amide bonds. The van der Waals surface area contributed by atoms with Gasteiger partial charge in [-0.1, -0.05) is 28.1 Å². The van der Waals surface area contributed by atoms with Crippen molar-refractivity contribution >= 4 is 15.9 Å². The van der Waals surface area contributed by atoms with Crippen LogP contribution in [0.3, 0.4) is 0 Å². The van der Waals surface area contributed by atoms with Gasteiger partial charge in [-0.15, -0.1) is 0 Å². The van der Waals surface area contributed by atoms with Crippen LogP contribution in [0, 0.1) is 31.3 Å². The summed E-state index contributed by atoms with van der Waals surface area (Å²) in [5.74, 6) is -2.03. The molecule has 0 aliphatic rings. The van der Waals surface area contributed by atoms with E-state index < -0.39 is 22.3 Å². The third-order valence-corrected chi connectivity index (χ3v) is 4.26. The molecule has 112 valence electrons. The van der Waals surface area contributed by atoms with Crippen LogP contribution in [0.5, 0.6) is 5.75 Å². The topological polar surface area (TPSA) is 9.23 Å². The molecule has 0 heterocycles. The Hall–Kier alpha value is -1.49. The van der Waals surface area contributed by atoms with E-state index in [-0.39, 0.29) is 5.56 Å². The molecule has 0 saturated carbocycles. The van der Waals surface area contributed by atoms with Gasteiger partial charge in [-0.3, -0.25) is 0 Å². The largest absolute Gasteiger partial charge is 0.496 e. The van der Waals surface area contributed by atoms with Gasteiger partial charge in [0.1, 0.15) is 23.2 Å². The smallest absolute Gasteiger partial charge is 0.133 e. The molecule has 1 unspecified atom stereocenters. The summed E-state index contributed by atoms with van der Waals surface area (Å²) in [6.07, 6.45) is 0. The summed E-state index contributed by atoms with van der Waals surface area (Å²) < 4.78 is 46.0. The predicted molar refractivity (Wildman–Crippen MR) is 79.6 cm³/mol. The van der Waals surface area contributed by atoms with Crippen molar-refractivity contribution in [2.24, 2.45) is 0 Å². The second-order valence-electron chi connectivity index (χ2n) is 4.83. The summed E-state index contributed by atoms with van der Waals surface area (Å²) in [5, 5.41) is 0. The molecule has 0 fully saturated rings. The zero-order chi connectivity index (χ0) is 15.7. The third-order valence-electron chi connectivity index (χ3n) is 3.28. The van der Waals surface area contributed by atoms with Crippen LogP contribution >= 0.6 is 15.9 Å². The maximum absolute atomic E-state index is 13.9. The lowest BCUT2D eigenvalue weighted by Crippen LogP contribution is -2.03. The van der Waals surface area contributed by atoms with Crippen molar-refractivity contribution in [1.29, 1.82) is 0 Å². The lowest BCUT2D eigenvalue weighted by molar-refractivity contribution is 0.408. The standard InChI is InChI=1S/C16H14BrF3O/c1-8-4-10(5-9(2)16(8)21-3)15(17)14-12(19)6-11(18)7-13(14)20/h4-7,15H,1-3H3. The summed E-state index contributed by atoms with van der Waals surface area (Å²) >= 11 is 3.29. The zero-order valence-electron chi connectivity index (χ0n) is 11.8. The number of aryl methyl sites for hydroxylation is 2. The Morgan fingerprint density at radius 2 is 1.43 bits per heavy atom. The molecule has 0 aliphatic carbocycles. The number of alkyl halides is 1. The van der Waals surface area contributed by atoms with Crippen molar-refractivity contribution in [3.05, 3.63) is 64.0 Å². The van der Waals surface area contributed by atoms with E-state index in [0.29, 0.717) is 17.7 Å². The maximum atomic E-state index is 13.9. The van der Waals surface area contributed by atoms with Crippen LogP contribution in [0.1, 0.15) is 27.1 Å². The molecule has 0 spiro atoms. The highest BCUT2D eigenvalue weighted by molar-refractivity contribution is 9.09. The average molecular weight is 359 g/mol. The van der Waals surface area contributed by atoms with Crippen LogP contribution < -0.4 is 4.74 Å². The van der Waals surface area contributed by atoms with Crippen molar-refractivity contribution < 1.29 is 17.9 Å². The molecule has 1 atom stereocenters. The van der Waals surface area contributed by atoms with Crippen molar-refractivity contribution in [2.75, 3.05) is 7.11 Å². The Morgan fingerprint density at radius 3 is 1.86 bits per heavy atom. The molecule has 0 bridgehead atoms. The van der Waals surface area contributed by atoms with E-state index in [1.807, 2.05) is 13.8 Å². The quantitative estimate of drug-likeness (QED) is 0.684. The van der Waals surface area contributed by atoms with Gasteiger partial charge in [0.25, 0.3) is 0 Å². The number of benzene rings is 2. The minimum atomic E-state index is -0.935. The number of ether oxygens (including phenoxy) is 1. The Bertz CT molecular complexity index is 639. The molecule has 0 saturated heterocycles. The molecule has 21 heavy (non-hydrogen) atoms.